The van der Waals surface area contributed by atoms with Crippen LogP contribution in [0.2, 0.25) is 0 Å². The van der Waals surface area contributed by atoms with Gasteiger partial charge in [0.15, 0.2) is 22.8 Å². The molecule has 34 heavy (non-hydrogen) atoms. The van der Waals surface area contributed by atoms with E-state index in [-0.39, 0.29) is 12.7 Å². The summed E-state index contributed by atoms with van der Waals surface area (Å²) in [6.45, 7) is 2.24. The maximum atomic E-state index is 13.3. The minimum atomic E-state index is -0.546. The highest BCUT2D eigenvalue weighted by Crippen LogP contribution is 2.42. The van der Waals surface area contributed by atoms with Gasteiger partial charge in [0, 0.05) is 21.0 Å². The second-order valence-electron chi connectivity index (χ2n) is 8.07. The summed E-state index contributed by atoms with van der Waals surface area (Å²) < 4.78 is 11.9. The maximum Gasteiger partial charge on any atom is 0.276 e. The van der Waals surface area contributed by atoms with Crippen LogP contribution >= 0.6 is 27.7 Å². The molecule has 0 saturated carbocycles. The molecule has 7 nitrogen and oxygen atoms in total. The van der Waals surface area contributed by atoms with Gasteiger partial charge in [0.1, 0.15) is 5.70 Å². The number of para-hydroxylation sites is 1. The number of hydrazone groups is 1. The molecular formula is C25H19BrN4O3S. The number of nitrogens with one attached hydrogen (secondary N) is 1. The van der Waals surface area contributed by atoms with Gasteiger partial charge in [-0.2, -0.15) is 0 Å². The molecule has 0 spiro atoms. The van der Waals surface area contributed by atoms with Crippen LogP contribution in [-0.4, -0.2) is 22.9 Å². The number of amides is 1. The number of nitrogens with zero attached hydrogens (tertiary/aromatic N) is 3. The van der Waals surface area contributed by atoms with Gasteiger partial charge in [-0.15, -0.1) is 5.10 Å². The van der Waals surface area contributed by atoms with Gasteiger partial charge in [0.05, 0.1) is 5.36 Å². The molecule has 0 bridgehead atoms. The molecule has 0 aromatic heterocycles. The normalized spacial score (nSPS) is 18.0. The number of halogens is 1. The van der Waals surface area contributed by atoms with Gasteiger partial charge in [-0.05, 0) is 30.7 Å². The molecule has 1 N–H and O–H groups in total. The highest BCUT2D eigenvalue weighted by atomic mass is 79.9. The van der Waals surface area contributed by atoms with E-state index in [4.69, 9.17) is 19.6 Å². The second kappa shape index (κ2) is 8.48. The van der Waals surface area contributed by atoms with E-state index >= 15 is 0 Å². The fourth-order valence-electron chi connectivity index (χ4n) is 4.06. The molecule has 3 aliphatic rings. The Labute approximate surface area is 208 Å². The zero-order chi connectivity index (χ0) is 23.2. The van der Waals surface area contributed by atoms with E-state index in [9.17, 15) is 4.79 Å². The van der Waals surface area contributed by atoms with Crippen molar-refractivity contribution in [3.63, 3.8) is 0 Å². The Bertz CT molecular complexity index is 1470. The smallest absolute Gasteiger partial charge is 0.276 e. The lowest BCUT2D eigenvalue weighted by Crippen LogP contribution is -2.50. The SMILES string of the molecule is Cc1ccc(CSC2=NN3C(=c4ccccc4=N[C@H]3c3cc4c(cc3Br)OCO4)C(=O)N2)cc1. The summed E-state index contributed by atoms with van der Waals surface area (Å²) in [6.07, 6.45) is -0.546. The zero-order valence-electron chi connectivity index (χ0n) is 18.1. The van der Waals surface area contributed by atoms with E-state index in [1.807, 2.05) is 36.4 Å². The van der Waals surface area contributed by atoms with Crippen molar-refractivity contribution in [1.82, 2.24) is 10.3 Å². The lowest BCUT2D eigenvalue weighted by molar-refractivity contribution is -0.116. The summed E-state index contributed by atoms with van der Waals surface area (Å²) >= 11 is 5.14. The van der Waals surface area contributed by atoms with E-state index in [0.717, 1.165) is 26.2 Å². The third-order valence-corrected chi connectivity index (χ3v) is 7.40. The average molecular weight is 535 g/mol. The molecule has 3 aromatic carbocycles. The third-order valence-electron chi connectivity index (χ3n) is 5.78. The molecule has 6 rings (SSSR count). The summed E-state index contributed by atoms with van der Waals surface area (Å²) in [5.41, 5.74) is 3.67. The summed E-state index contributed by atoms with van der Waals surface area (Å²) in [6, 6.07) is 19.7. The molecular weight excluding hydrogens is 516 g/mol. The van der Waals surface area contributed by atoms with Crippen LogP contribution in [0.3, 0.4) is 0 Å². The number of fused-ring (bicyclic) bond motifs is 3. The number of hydrogen-bond acceptors (Lipinski definition) is 7. The zero-order valence-corrected chi connectivity index (χ0v) is 20.5. The monoisotopic (exact) mass is 534 g/mol. The highest BCUT2D eigenvalue weighted by Gasteiger charge is 2.36. The Morgan fingerprint density at radius 2 is 1.88 bits per heavy atom. The number of carbonyl (C=O) groups is 1. The Morgan fingerprint density at radius 1 is 1.12 bits per heavy atom. The van der Waals surface area contributed by atoms with Gasteiger partial charge in [-0.25, -0.2) is 5.01 Å². The topological polar surface area (TPSA) is 75.5 Å². The number of benzene rings is 3. The molecule has 0 radical (unpaired) electrons. The van der Waals surface area contributed by atoms with Crippen molar-refractivity contribution in [3.8, 4) is 11.5 Å². The summed E-state index contributed by atoms with van der Waals surface area (Å²) in [5.74, 6) is 1.80. The van der Waals surface area contributed by atoms with Crippen molar-refractivity contribution in [3.05, 3.63) is 92.4 Å². The predicted octanol–water partition coefficient (Wildman–Crippen LogP) is 3.56. The van der Waals surface area contributed by atoms with E-state index < -0.39 is 6.17 Å². The molecule has 0 fully saturated rings. The standard InChI is InChI=1S/C25H19BrN4O3S/c1-14-6-8-15(9-7-14)12-34-25-28-24(31)22-16-4-2-3-5-19(16)27-23(30(22)29-25)17-10-20-21(11-18(17)26)33-13-32-20/h2-11,23H,12-13H2,1H3,(H,28,29,31)/t23-/m1/s1. The molecule has 1 amide bonds. The van der Waals surface area contributed by atoms with Crippen LogP contribution in [0.5, 0.6) is 11.5 Å². The van der Waals surface area contributed by atoms with Crippen molar-refractivity contribution < 1.29 is 14.3 Å². The van der Waals surface area contributed by atoms with E-state index in [1.54, 1.807) is 5.01 Å². The Hall–Kier alpha value is -3.30. The number of rotatable bonds is 3. The van der Waals surface area contributed by atoms with Crippen molar-refractivity contribution in [2.75, 3.05) is 6.79 Å². The van der Waals surface area contributed by atoms with Crippen LogP contribution in [0.25, 0.3) is 5.70 Å². The van der Waals surface area contributed by atoms with Gasteiger partial charge >= 0.3 is 0 Å². The first kappa shape index (κ1) is 21.2. The molecule has 9 heteroatoms. The van der Waals surface area contributed by atoms with E-state index in [0.29, 0.717) is 28.1 Å². The molecule has 0 unspecified atom stereocenters. The number of ether oxygens (including phenoxy) is 2. The molecule has 3 aliphatic heterocycles. The minimum absolute atomic E-state index is 0.178. The predicted molar refractivity (Wildman–Crippen MR) is 134 cm³/mol. The van der Waals surface area contributed by atoms with Crippen molar-refractivity contribution in [2.45, 2.75) is 18.8 Å². The highest BCUT2D eigenvalue weighted by molar-refractivity contribution is 9.10. The van der Waals surface area contributed by atoms with Crippen LogP contribution < -0.4 is 25.4 Å². The Morgan fingerprint density at radius 3 is 2.71 bits per heavy atom. The summed E-state index contributed by atoms with van der Waals surface area (Å²) in [4.78, 5) is 18.3. The number of thioether (sulfide) groups is 1. The molecule has 0 aliphatic carbocycles. The van der Waals surface area contributed by atoms with Crippen molar-refractivity contribution in [2.24, 2.45) is 10.1 Å². The summed E-state index contributed by atoms with van der Waals surface area (Å²) in [5, 5.41) is 11.5. The first-order valence-corrected chi connectivity index (χ1v) is 12.5. The largest absolute Gasteiger partial charge is 0.454 e. The Kier molecular flexibility index (Phi) is 5.30. The molecule has 3 heterocycles. The second-order valence-corrected chi connectivity index (χ2v) is 9.89. The van der Waals surface area contributed by atoms with Crippen molar-refractivity contribution in [1.29, 1.82) is 0 Å². The molecule has 170 valence electrons. The Balaban J connectivity index is 1.43. The van der Waals surface area contributed by atoms with Gasteiger partial charge in [0.25, 0.3) is 5.91 Å². The van der Waals surface area contributed by atoms with Crippen LogP contribution in [0, 0.1) is 6.92 Å². The van der Waals surface area contributed by atoms with Crippen LogP contribution in [0.15, 0.2) is 75.2 Å². The quantitative estimate of drug-likeness (QED) is 0.556. The van der Waals surface area contributed by atoms with Gasteiger partial charge in [-0.1, -0.05) is 75.7 Å². The first-order chi connectivity index (χ1) is 16.6. The van der Waals surface area contributed by atoms with Crippen LogP contribution in [0.4, 0.5) is 0 Å². The van der Waals surface area contributed by atoms with E-state index in [1.165, 1.54) is 17.3 Å². The fourth-order valence-corrected chi connectivity index (χ4v) is 5.40. The molecule has 1 atom stereocenters. The lowest BCUT2D eigenvalue weighted by atomic mass is 10.1. The fraction of sp³-hybridized carbons (Fsp3) is 0.160. The van der Waals surface area contributed by atoms with Crippen LogP contribution in [0.1, 0.15) is 22.9 Å². The molecule has 3 aromatic rings. The average Bonchev–Trinajstić information content (AvgIpc) is 3.29. The third kappa shape index (κ3) is 3.74. The number of carbonyl (C=O) groups excluding carboxylic acids is 1. The van der Waals surface area contributed by atoms with Crippen molar-refractivity contribution >= 4 is 44.5 Å². The van der Waals surface area contributed by atoms with Gasteiger partial charge in [-0.3, -0.25) is 15.1 Å². The maximum absolute atomic E-state index is 13.3. The summed E-state index contributed by atoms with van der Waals surface area (Å²) in [7, 11) is 0. The number of hydrogen-bond donors (Lipinski definition) is 1. The van der Waals surface area contributed by atoms with Gasteiger partial charge in [0.2, 0.25) is 6.79 Å². The van der Waals surface area contributed by atoms with Gasteiger partial charge < -0.3 is 9.47 Å². The van der Waals surface area contributed by atoms with Crippen LogP contribution in [-0.2, 0) is 10.5 Å². The first-order valence-electron chi connectivity index (χ1n) is 10.7. The number of aryl methyl sites for hydroxylation is 1. The minimum Gasteiger partial charge on any atom is -0.454 e. The number of amidine groups is 1. The lowest BCUT2D eigenvalue weighted by Gasteiger charge is -2.34. The van der Waals surface area contributed by atoms with E-state index in [2.05, 4.69) is 52.4 Å². The molecule has 0 saturated heterocycles.